The molecule has 10 heteroatoms. The van der Waals surface area contributed by atoms with E-state index in [9.17, 15) is 18.8 Å². The quantitative estimate of drug-likeness (QED) is 0.449. The van der Waals surface area contributed by atoms with Gasteiger partial charge in [-0.15, -0.1) is 22.7 Å². The average molecular weight is 483 g/mol. The van der Waals surface area contributed by atoms with Crippen LogP contribution >= 0.6 is 22.7 Å². The second-order valence-corrected chi connectivity index (χ2v) is 9.80. The van der Waals surface area contributed by atoms with E-state index in [1.807, 2.05) is 0 Å². The highest BCUT2D eigenvalue weighted by Crippen LogP contribution is 2.38. The fourth-order valence-electron chi connectivity index (χ4n) is 4.16. The molecule has 1 aromatic carbocycles. The van der Waals surface area contributed by atoms with Gasteiger partial charge in [0.15, 0.2) is 0 Å². The Bertz CT molecular complexity index is 1450. The van der Waals surface area contributed by atoms with Crippen molar-refractivity contribution >= 4 is 49.7 Å². The van der Waals surface area contributed by atoms with E-state index in [-0.39, 0.29) is 17.9 Å². The van der Waals surface area contributed by atoms with Crippen molar-refractivity contribution in [3.8, 4) is 11.1 Å². The first-order valence-electron chi connectivity index (χ1n) is 10.4. The topological polar surface area (TPSA) is 107 Å². The van der Waals surface area contributed by atoms with Crippen LogP contribution in [0.15, 0.2) is 40.8 Å². The monoisotopic (exact) mass is 482 g/mol. The fourth-order valence-corrected chi connectivity index (χ4v) is 6.37. The van der Waals surface area contributed by atoms with Gasteiger partial charge in [0, 0.05) is 15.8 Å². The molecule has 0 atom stereocenters. The Balaban J connectivity index is 1.45. The number of nitrogens with zero attached hydrogens (tertiary/aromatic N) is 2. The summed E-state index contributed by atoms with van der Waals surface area (Å²) in [6.07, 6.45) is 4.99. The van der Waals surface area contributed by atoms with E-state index in [2.05, 4.69) is 10.3 Å². The average Bonchev–Trinajstić information content (AvgIpc) is 3.38. The Hall–Kier alpha value is -3.37. The van der Waals surface area contributed by atoms with Gasteiger partial charge >= 0.3 is 0 Å². The lowest BCUT2D eigenvalue weighted by molar-refractivity contribution is -0.116. The molecule has 3 N–H and O–H groups in total. The summed E-state index contributed by atoms with van der Waals surface area (Å²) in [5.41, 5.74) is 7.87. The maximum Gasteiger partial charge on any atom is 0.263 e. The number of thiophene rings is 2. The first kappa shape index (κ1) is 21.5. The van der Waals surface area contributed by atoms with Crippen LogP contribution < -0.4 is 16.6 Å². The lowest BCUT2D eigenvalue weighted by Gasteiger charge is -2.11. The molecule has 0 saturated carbocycles. The third kappa shape index (κ3) is 3.96. The number of hydrogen-bond donors (Lipinski definition) is 2. The Morgan fingerprint density at radius 2 is 1.94 bits per heavy atom. The Labute approximate surface area is 195 Å². The number of carbonyl (C=O) groups excluding carboxylic acids is 2. The molecular weight excluding hydrogens is 463 g/mol. The van der Waals surface area contributed by atoms with Crippen molar-refractivity contribution in [2.75, 3.05) is 5.32 Å². The van der Waals surface area contributed by atoms with Gasteiger partial charge in [-0.25, -0.2) is 9.37 Å². The number of fused-ring (bicyclic) bond motifs is 2. The third-order valence-corrected chi connectivity index (χ3v) is 7.79. The third-order valence-electron chi connectivity index (χ3n) is 5.70. The number of aryl methyl sites for hydroxylation is 1. The number of anilines is 1. The van der Waals surface area contributed by atoms with Crippen molar-refractivity contribution in [3.05, 3.63) is 68.1 Å². The van der Waals surface area contributed by atoms with Gasteiger partial charge in [0.2, 0.25) is 5.91 Å². The van der Waals surface area contributed by atoms with E-state index < -0.39 is 11.8 Å². The zero-order valence-corrected chi connectivity index (χ0v) is 19.0. The molecular formula is C23H19FN4O3S2. The van der Waals surface area contributed by atoms with Crippen LogP contribution in [0.4, 0.5) is 9.39 Å². The van der Waals surface area contributed by atoms with Crippen molar-refractivity contribution in [1.29, 1.82) is 0 Å². The molecule has 0 unspecified atom stereocenters. The van der Waals surface area contributed by atoms with Crippen LogP contribution in [-0.2, 0) is 24.2 Å². The molecule has 3 heterocycles. The Morgan fingerprint density at radius 3 is 2.70 bits per heavy atom. The lowest BCUT2D eigenvalue weighted by Crippen LogP contribution is -2.28. The smallest absolute Gasteiger partial charge is 0.263 e. The van der Waals surface area contributed by atoms with E-state index >= 15 is 0 Å². The van der Waals surface area contributed by atoms with Gasteiger partial charge in [-0.2, -0.15) is 0 Å². The van der Waals surface area contributed by atoms with Gasteiger partial charge in [0.05, 0.1) is 17.3 Å². The number of primary amides is 1. The number of amides is 2. The van der Waals surface area contributed by atoms with Crippen LogP contribution in [0.3, 0.4) is 0 Å². The van der Waals surface area contributed by atoms with Crippen LogP contribution in [-0.4, -0.2) is 21.4 Å². The van der Waals surface area contributed by atoms with E-state index in [0.717, 1.165) is 36.1 Å². The second-order valence-electron chi connectivity index (χ2n) is 7.84. The van der Waals surface area contributed by atoms with Crippen LogP contribution in [0.5, 0.6) is 0 Å². The highest BCUT2D eigenvalue weighted by atomic mass is 32.1. The van der Waals surface area contributed by atoms with Crippen LogP contribution in [0.1, 0.15) is 33.6 Å². The number of nitrogens with one attached hydrogen (secondary N) is 1. The lowest BCUT2D eigenvalue weighted by atomic mass is 9.95. The van der Waals surface area contributed by atoms with Gasteiger partial charge < -0.3 is 11.1 Å². The fraction of sp³-hybridized carbons (Fsp3) is 0.217. The molecule has 1 aliphatic rings. The SMILES string of the molecule is NC(=O)c1c(NC(=O)Cn2cnc3scc(-c4ccc(F)cc4)c3c2=O)sc2c1CCCC2. The second kappa shape index (κ2) is 8.53. The number of carbonyl (C=O) groups is 2. The number of rotatable bonds is 5. The number of halogens is 1. The molecule has 3 aromatic heterocycles. The minimum Gasteiger partial charge on any atom is -0.365 e. The summed E-state index contributed by atoms with van der Waals surface area (Å²) in [6, 6.07) is 5.87. The van der Waals surface area contributed by atoms with Gasteiger partial charge in [-0.1, -0.05) is 12.1 Å². The number of aromatic nitrogens is 2. The maximum atomic E-state index is 13.3. The van der Waals surface area contributed by atoms with Crippen LogP contribution in [0.2, 0.25) is 0 Å². The van der Waals surface area contributed by atoms with E-state index in [4.69, 9.17) is 5.73 Å². The van der Waals surface area contributed by atoms with Gasteiger partial charge in [0.25, 0.3) is 11.5 Å². The first-order chi connectivity index (χ1) is 15.9. The Morgan fingerprint density at radius 1 is 1.18 bits per heavy atom. The predicted octanol–water partition coefficient (Wildman–Crippen LogP) is 3.94. The van der Waals surface area contributed by atoms with E-state index in [1.165, 1.54) is 45.7 Å². The summed E-state index contributed by atoms with van der Waals surface area (Å²) in [5.74, 6) is -1.37. The normalized spacial score (nSPS) is 13.1. The summed E-state index contributed by atoms with van der Waals surface area (Å²) in [5, 5.41) is 5.38. The number of hydrogen-bond acceptors (Lipinski definition) is 6. The van der Waals surface area contributed by atoms with Crippen molar-refractivity contribution in [3.63, 3.8) is 0 Å². The summed E-state index contributed by atoms with van der Waals surface area (Å²) >= 11 is 2.68. The number of benzene rings is 1. The Kier molecular flexibility index (Phi) is 5.55. The molecule has 0 radical (unpaired) electrons. The molecule has 0 aliphatic heterocycles. The van der Waals surface area contributed by atoms with Gasteiger partial charge in [-0.05, 0) is 48.9 Å². The molecule has 7 nitrogen and oxygen atoms in total. The van der Waals surface area contributed by atoms with Crippen molar-refractivity contribution in [2.45, 2.75) is 32.2 Å². The molecule has 0 spiro atoms. The van der Waals surface area contributed by atoms with Crippen LogP contribution in [0.25, 0.3) is 21.3 Å². The molecule has 0 fully saturated rings. The highest BCUT2D eigenvalue weighted by molar-refractivity contribution is 7.17. The molecule has 0 bridgehead atoms. The van der Waals surface area contributed by atoms with E-state index in [1.54, 1.807) is 17.5 Å². The predicted molar refractivity (Wildman–Crippen MR) is 127 cm³/mol. The standard InChI is InChI=1S/C23H19FN4O3S2/c24-13-7-5-12(6-8-13)15-10-32-21-19(15)23(31)28(11-26-21)9-17(29)27-22-18(20(25)30)14-3-1-2-4-16(14)33-22/h5-8,10-11H,1-4,9H2,(H2,25,30)(H,27,29). The molecule has 5 rings (SSSR count). The zero-order valence-electron chi connectivity index (χ0n) is 17.4. The zero-order chi connectivity index (χ0) is 23.1. The van der Waals surface area contributed by atoms with E-state index in [0.29, 0.717) is 31.9 Å². The molecule has 4 aromatic rings. The molecule has 168 valence electrons. The summed E-state index contributed by atoms with van der Waals surface area (Å²) in [4.78, 5) is 44.0. The maximum absolute atomic E-state index is 13.3. The summed E-state index contributed by atoms with van der Waals surface area (Å²) in [6.45, 7) is -0.263. The van der Waals surface area contributed by atoms with Crippen molar-refractivity contribution in [2.24, 2.45) is 5.73 Å². The van der Waals surface area contributed by atoms with Crippen molar-refractivity contribution in [1.82, 2.24) is 9.55 Å². The van der Waals surface area contributed by atoms with Crippen molar-refractivity contribution < 1.29 is 14.0 Å². The van der Waals surface area contributed by atoms with Crippen LogP contribution in [0, 0.1) is 5.82 Å². The molecule has 1 aliphatic carbocycles. The minimum atomic E-state index is -0.563. The largest absolute Gasteiger partial charge is 0.365 e. The van der Waals surface area contributed by atoms with Gasteiger partial charge in [-0.3, -0.25) is 19.0 Å². The highest BCUT2D eigenvalue weighted by Gasteiger charge is 2.25. The summed E-state index contributed by atoms with van der Waals surface area (Å²) in [7, 11) is 0. The summed E-state index contributed by atoms with van der Waals surface area (Å²) < 4.78 is 14.5. The van der Waals surface area contributed by atoms with Gasteiger partial charge in [0.1, 0.15) is 22.2 Å². The number of nitrogens with two attached hydrogens (primary N) is 1. The molecule has 2 amide bonds. The molecule has 0 saturated heterocycles. The minimum absolute atomic E-state index is 0.263. The molecule has 33 heavy (non-hydrogen) atoms. The first-order valence-corrected chi connectivity index (χ1v) is 12.1.